The number of hydrogen-bond donors (Lipinski definition) is 1. The maximum absolute atomic E-state index is 12.0. The van der Waals surface area contributed by atoms with Crippen LogP contribution in [0.1, 0.15) is 11.6 Å². The van der Waals surface area contributed by atoms with E-state index in [9.17, 15) is 4.79 Å². The third-order valence-corrected chi connectivity index (χ3v) is 3.67. The fraction of sp³-hybridized carbons (Fsp3) is 0.133. The highest BCUT2D eigenvalue weighted by molar-refractivity contribution is 9.10. The summed E-state index contributed by atoms with van der Waals surface area (Å²) in [5, 5.41) is 3.67. The first-order valence-electron chi connectivity index (χ1n) is 5.96. The fourth-order valence-corrected chi connectivity index (χ4v) is 2.24. The third-order valence-electron chi connectivity index (χ3n) is 2.81. The van der Waals surface area contributed by atoms with Gasteiger partial charge in [0.05, 0.1) is 17.8 Å². The minimum Gasteiger partial charge on any atom is -0.467 e. The Bertz CT molecular complexity index is 601. The lowest BCUT2D eigenvalue weighted by molar-refractivity contribution is -0.141. The number of carbonyl (C=O) groups is 1. The molecular weight excluding hydrogens is 342 g/mol. The van der Waals surface area contributed by atoms with Crippen molar-refractivity contribution in [3.8, 4) is 0 Å². The van der Waals surface area contributed by atoms with E-state index in [1.54, 1.807) is 6.07 Å². The Morgan fingerprint density at radius 2 is 1.85 bits per heavy atom. The van der Waals surface area contributed by atoms with Crippen LogP contribution in [-0.2, 0) is 9.53 Å². The number of nitrogens with one attached hydrogen (secondary N) is 1. The van der Waals surface area contributed by atoms with Crippen LogP contribution in [0.5, 0.6) is 0 Å². The summed E-state index contributed by atoms with van der Waals surface area (Å²) in [5.74, 6) is -0.368. The van der Waals surface area contributed by atoms with Crippen LogP contribution in [0.4, 0.5) is 5.69 Å². The van der Waals surface area contributed by atoms with Crippen LogP contribution in [0, 0.1) is 0 Å². The first-order chi connectivity index (χ1) is 9.61. The van der Waals surface area contributed by atoms with Gasteiger partial charge < -0.3 is 10.1 Å². The minimum atomic E-state index is -0.604. The van der Waals surface area contributed by atoms with E-state index < -0.39 is 6.04 Å². The molecule has 5 heteroatoms. The van der Waals surface area contributed by atoms with Crippen LogP contribution in [0.25, 0.3) is 0 Å². The highest BCUT2D eigenvalue weighted by atomic mass is 79.9. The second-order valence-electron chi connectivity index (χ2n) is 4.13. The normalized spacial score (nSPS) is 11.8. The van der Waals surface area contributed by atoms with Gasteiger partial charge in [0, 0.05) is 4.47 Å². The number of hydrogen-bond acceptors (Lipinski definition) is 3. The van der Waals surface area contributed by atoms with Gasteiger partial charge in [0.1, 0.15) is 0 Å². The zero-order valence-corrected chi connectivity index (χ0v) is 13.1. The molecule has 0 aliphatic carbocycles. The molecule has 0 aromatic heterocycles. The number of esters is 1. The van der Waals surface area contributed by atoms with Crippen LogP contribution in [0.2, 0.25) is 5.02 Å². The average molecular weight is 355 g/mol. The van der Waals surface area contributed by atoms with Gasteiger partial charge in [-0.05, 0) is 29.8 Å². The predicted octanol–water partition coefficient (Wildman–Crippen LogP) is 4.43. The van der Waals surface area contributed by atoms with Gasteiger partial charge in [-0.2, -0.15) is 0 Å². The molecule has 2 rings (SSSR count). The van der Waals surface area contributed by atoms with Crippen molar-refractivity contribution < 1.29 is 9.53 Å². The first-order valence-corrected chi connectivity index (χ1v) is 7.13. The molecule has 0 saturated heterocycles. The molecule has 0 aliphatic heterocycles. The molecule has 0 amide bonds. The zero-order valence-electron chi connectivity index (χ0n) is 10.8. The van der Waals surface area contributed by atoms with Crippen LogP contribution in [-0.4, -0.2) is 13.1 Å². The van der Waals surface area contributed by atoms with Crippen LogP contribution >= 0.6 is 27.5 Å². The van der Waals surface area contributed by atoms with Crippen molar-refractivity contribution in [2.75, 3.05) is 12.4 Å². The smallest absolute Gasteiger partial charge is 0.332 e. The average Bonchev–Trinajstić information content (AvgIpc) is 2.47. The molecule has 1 atom stereocenters. The van der Waals surface area contributed by atoms with Crippen molar-refractivity contribution in [3.05, 3.63) is 63.6 Å². The lowest BCUT2D eigenvalue weighted by atomic mass is 10.1. The molecule has 1 unspecified atom stereocenters. The van der Waals surface area contributed by atoms with Gasteiger partial charge in [0.25, 0.3) is 0 Å². The van der Waals surface area contributed by atoms with Gasteiger partial charge >= 0.3 is 5.97 Å². The van der Waals surface area contributed by atoms with Crippen molar-refractivity contribution in [2.45, 2.75) is 6.04 Å². The van der Waals surface area contributed by atoms with E-state index in [0.717, 1.165) is 10.0 Å². The van der Waals surface area contributed by atoms with E-state index in [1.165, 1.54) is 7.11 Å². The Hall–Kier alpha value is -1.52. The molecule has 0 aliphatic rings. The Labute approximate surface area is 131 Å². The second-order valence-corrected chi connectivity index (χ2v) is 5.45. The van der Waals surface area contributed by atoms with Crippen LogP contribution in [0.3, 0.4) is 0 Å². The Kier molecular flexibility index (Phi) is 5.04. The fourth-order valence-electron chi connectivity index (χ4n) is 1.79. The van der Waals surface area contributed by atoms with Crippen molar-refractivity contribution >= 4 is 39.2 Å². The molecular formula is C15H13BrClNO2. The van der Waals surface area contributed by atoms with E-state index in [1.807, 2.05) is 42.5 Å². The Balaban J connectivity index is 2.31. The molecule has 0 spiro atoms. The summed E-state index contributed by atoms with van der Waals surface area (Å²) in [7, 11) is 1.36. The molecule has 2 aromatic rings. The number of para-hydroxylation sites is 1. The molecule has 3 nitrogen and oxygen atoms in total. The Morgan fingerprint density at radius 1 is 1.20 bits per heavy atom. The number of benzene rings is 2. The standard InChI is InChI=1S/C15H13BrClNO2/c1-20-15(19)14(10-6-8-11(16)9-7-10)18-13-5-3-2-4-12(13)17/h2-9,14,18H,1H3. The van der Waals surface area contributed by atoms with Gasteiger partial charge in [-0.3, -0.25) is 0 Å². The number of methoxy groups -OCH3 is 1. The molecule has 2 aromatic carbocycles. The topological polar surface area (TPSA) is 38.3 Å². The lowest BCUT2D eigenvalue weighted by Gasteiger charge is -2.19. The molecule has 0 bridgehead atoms. The van der Waals surface area contributed by atoms with Gasteiger partial charge in [-0.1, -0.05) is 51.8 Å². The van der Waals surface area contributed by atoms with Gasteiger partial charge in [0.2, 0.25) is 0 Å². The summed E-state index contributed by atoms with van der Waals surface area (Å²) in [4.78, 5) is 12.0. The lowest BCUT2D eigenvalue weighted by Crippen LogP contribution is -2.22. The molecule has 1 N–H and O–H groups in total. The maximum atomic E-state index is 12.0. The molecule has 0 radical (unpaired) electrons. The predicted molar refractivity (Wildman–Crippen MR) is 84.0 cm³/mol. The number of ether oxygens (including phenoxy) is 1. The van der Waals surface area contributed by atoms with Crippen molar-refractivity contribution in [1.82, 2.24) is 0 Å². The first kappa shape index (κ1) is 14.9. The van der Waals surface area contributed by atoms with Gasteiger partial charge in [-0.15, -0.1) is 0 Å². The van der Waals surface area contributed by atoms with E-state index in [2.05, 4.69) is 21.2 Å². The van der Waals surface area contributed by atoms with E-state index in [4.69, 9.17) is 16.3 Å². The number of rotatable bonds is 4. The highest BCUT2D eigenvalue weighted by Crippen LogP contribution is 2.27. The van der Waals surface area contributed by atoms with Gasteiger partial charge in [-0.25, -0.2) is 4.79 Å². The number of carbonyl (C=O) groups excluding carboxylic acids is 1. The van der Waals surface area contributed by atoms with Crippen molar-refractivity contribution in [2.24, 2.45) is 0 Å². The number of halogens is 2. The monoisotopic (exact) mass is 353 g/mol. The summed E-state index contributed by atoms with van der Waals surface area (Å²) in [6.45, 7) is 0. The molecule has 0 fully saturated rings. The third kappa shape index (κ3) is 3.52. The SMILES string of the molecule is COC(=O)C(Nc1ccccc1Cl)c1ccc(Br)cc1. The molecule has 20 heavy (non-hydrogen) atoms. The zero-order chi connectivity index (χ0) is 14.5. The summed E-state index contributed by atoms with van der Waals surface area (Å²) < 4.78 is 5.80. The molecule has 0 saturated carbocycles. The largest absolute Gasteiger partial charge is 0.467 e. The molecule has 104 valence electrons. The summed E-state index contributed by atoms with van der Waals surface area (Å²) in [6.07, 6.45) is 0. The van der Waals surface area contributed by atoms with Crippen molar-refractivity contribution in [3.63, 3.8) is 0 Å². The quantitative estimate of drug-likeness (QED) is 0.826. The van der Waals surface area contributed by atoms with E-state index in [-0.39, 0.29) is 5.97 Å². The van der Waals surface area contributed by atoms with Crippen LogP contribution < -0.4 is 5.32 Å². The van der Waals surface area contributed by atoms with Crippen LogP contribution in [0.15, 0.2) is 53.0 Å². The summed E-state index contributed by atoms with van der Waals surface area (Å²) >= 11 is 9.48. The molecule has 0 heterocycles. The second kappa shape index (κ2) is 6.77. The summed E-state index contributed by atoms with van der Waals surface area (Å²) in [6, 6.07) is 14.1. The minimum absolute atomic E-state index is 0.368. The summed E-state index contributed by atoms with van der Waals surface area (Å²) in [5.41, 5.74) is 1.49. The number of anilines is 1. The maximum Gasteiger partial charge on any atom is 0.332 e. The highest BCUT2D eigenvalue weighted by Gasteiger charge is 2.21. The van der Waals surface area contributed by atoms with Crippen molar-refractivity contribution in [1.29, 1.82) is 0 Å². The Morgan fingerprint density at radius 3 is 2.45 bits per heavy atom. The van der Waals surface area contributed by atoms with E-state index in [0.29, 0.717) is 10.7 Å². The van der Waals surface area contributed by atoms with Gasteiger partial charge in [0.15, 0.2) is 6.04 Å². The van der Waals surface area contributed by atoms with E-state index >= 15 is 0 Å².